The molecule has 2 N–H and O–H groups in total. The van der Waals surface area contributed by atoms with Crippen LogP contribution in [0.4, 0.5) is 0 Å². The lowest BCUT2D eigenvalue weighted by Crippen LogP contribution is -2.38. The number of aromatic nitrogens is 1. The molecule has 0 amide bonds. The maximum atomic E-state index is 12.4. The van der Waals surface area contributed by atoms with Crippen LogP contribution in [0.15, 0.2) is 84.7 Å². The molecule has 2 aromatic carbocycles. The SMILES string of the molecule is CC(C)(C)S(=O)(=O)NCc1ccc2ccc3c(c2c1)CCC1=C3C=CCC1.O=C(O)c1cc2ccccn2c1. The van der Waals surface area contributed by atoms with E-state index in [-0.39, 0.29) is 0 Å². The second kappa shape index (κ2) is 10.5. The molecule has 6 nitrogen and oxygen atoms in total. The van der Waals surface area contributed by atoms with E-state index in [2.05, 4.69) is 41.1 Å². The number of pyridine rings is 1. The number of aryl methyl sites for hydroxylation is 1. The molecule has 6 rings (SSSR count). The van der Waals surface area contributed by atoms with Crippen molar-refractivity contribution in [3.8, 4) is 0 Å². The molecule has 0 saturated carbocycles. The van der Waals surface area contributed by atoms with Gasteiger partial charge in [-0.1, -0.05) is 48.1 Å². The minimum Gasteiger partial charge on any atom is -0.478 e. The third-order valence-electron chi connectivity index (χ3n) is 7.47. The molecular weight excluding hydrogens is 508 g/mol. The van der Waals surface area contributed by atoms with E-state index in [1.54, 1.807) is 43.0 Å². The Balaban J connectivity index is 0.000000214. The second-order valence-corrected chi connectivity index (χ2v) is 13.6. The van der Waals surface area contributed by atoms with Crippen molar-refractivity contribution in [1.82, 2.24) is 9.12 Å². The monoisotopic (exact) mass is 542 g/mol. The van der Waals surface area contributed by atoms with Gasteiger partial charge in [0.25, 0.3) is 0 Å². The van der Waals surface area contributed by atoms with Gasteiger partial charge >= 0.3 is 5.97 Å². The van der Waals surface area contributed by atoms with Crippen molar-refractivity contribution in [2.75, 3.05) is 0 Å². The molecule has 0 saturated heterocycles. The second-order valence-electron chi connectivity index (χ2n) is 11.1. The van der Waals surface area contributed by atoms with Crippen LogP contribution >= 0.6 is 0 Å². The number of sulfonamides is 1. The third-order valence-corrected chi connectivity index (χ3v) is 9.60. The summed E-state index contributed by atoms with van der Waals surface area (Å²) in [6, 6.07) is 18.0. The Labute approximate surface area is 229 Å². The molecular formula is C32H34N2O4S. The van der Waals surface area contributed by atoms with Gasteiger partial charge < -0.3 is 9.51 Å². The molecule has 2 aliphatic carbocycles. The molecule has 202 valence electrons. The number of nitrogens with one attached hydrogen (secondary N) is 1. The minimum atomic E-state index is -3.35. The van der Waals surface area contributed by atoms with E-state index in [4.69, 9.17) is 5.11 Å². The van der Waals surface area contributed by atoms with Gasteiger partial charge in [-0.15, -0.1) is 0 Å². The molecule has 39 heavy (non-hydrogen) atoms. The zero-order chi connectivity index (χ0) is 27.8. The zero-order valence-corrected chi connectivity index (χ0v) is 23.4. The highest BCUT2D eigenvalue weighted by Gasteiger charge is 2.28. The molecule has 2 aliphatic rings. The molecule has 0 atom stereocenters. The van der Waals surface area contributed by atoms with E-state index in [1.807, 2.05) is 30.5 Å². The smallest absolute Gasteiger partial charge is 0.337 e. The maximum Gasteiger partial charge on any atom is 0.337 e. The van der Waals surface area contributed by atoms with Crippen molar-refractivity contribution in [2.24, 2.45) is 0 Å². The minimum absolute atomic E-state index is 0.321. The van der Waals surface area contributed by atoms with Crippen molar-refractivity contribution in [3.05, 3.63) is 107 Å². The maximum absolute atomic E-state index is 12.4. The highest BCUT2D eigenvalue weighted by atomic mass is 32.2. The molecule has 2 aromatic heterocycles. The first kappa shape index (κ1) is 26.9. The molecule has 7 heteroatoms. The van der Waals surface area contributed by atoms with Crippen molar-refractivity contribution in [1.29, 1.82) is 0 Å². The van der Waals surface area contributed by atoms with Gasteiger partial charge in [0, 0.05) is 24.5 Å². The van der Waals surface area contributed by atoms with Crippen LogP contribution in [0.1, 0.15) is 67.1 Å². The molecule has 0 unspecified atom stereocenters. The Hall–Kier alpha value is -3.68. The topological polar surface area (TPSA) is 87.9 Å². The van der Waals surface area contributed by atoms with E-state index in [0.29, 0.717) is 12.1 Å². The Morgan fingerprint density at radius 1 is 1.03 bits per heavy atom. The van der Waals surface area contributed by atoms with Crippen LogP contribution in [0.3, 0.4) is 0 Å². The lowest BCUT2D eigenvalue weighted by atomic mass is 9.79. The summed E-state index contributed by atoms with van der Waals surface area (Å²) in [5.41, 5.74) is 7.96. The molecule has 0 radical (unpaired) electrons. The summed E-state index contributed by atoms with van der Waals surface area (Å²) in [6.45, 7) is 5.48. The van der Waals surface area contributed by atoms with Crippen LogP contribution in [0.5, 0.6) is 0 Å². The summed E-state index contributed by atoms with van der Waals surface area (Å²) in [4.78, 5) is 10.6. The van der Waals surface area contributed by atoms with E-state index in [1.165, 1.54) is 33.9 Å². The number of nitrogens with zero attached hydrogens (tertiary/aromatic N) is 1. The number of carboxylic acid groups (broad SMARTS) is 1. The van der Waals surface area contributed by atoms with Gasteiger partial charge in [0.15, 0.2) is 0 Å². The van der Waals surface area contributed by atoms with Gasteiger partial charge in [-0.3, -0.25) is 0 Å². The Kier molecular flexibility index (Phi) is 7.23. The first-order valence-electron chi connectivity index (χ1n) is 13.3. The first-order chi connectivity index (χ1) is 18.5. The number of benzene rings is 2. The van der Waals surface area contributed by atoms with Gasteiger partial charge in [0.1, 0.15) is 0 Å². The van der Waals surface area contributed by atoms with Gasteiger partial charge in [-0.25, -0.2) is 17.9 Å². The fourth-order valence-corrected chi connectivity index (χ4v) is 5.94. The number of allylic oxidation sites excluding steroid dienone is 4. The van der Waals surface area contributed by atoms with Gasteiger partial charge in [0.05, 0.1) is 10.3 Å². The fourth-order valence-electron chi connectivity index (χ4n) is 5.15. The van der Waals surface area contributed by atoms with Crippen LogP contribution < -0.4 is 4.72 Å². The lowest BCUT2D eigenvalue weighted by molar-refractivity contribution is 0.0697. The average molecular weight is 543 g/mol. The summed E-state index contributed by atoms with van der Waals surface area (Å²) < 4.78 is 28.4. The predicted octanol–water partition coefficient (Wildman–Crippen LogP) is 6.75. The van der Waals surface area contributed by atoms with Crippen molar-refractivity contribution < 1.29 is 18.3 Å². The Morgan fingerprint density at radius 2 is 1.82 bits per heavy atom. The van der Waals surface area contributed by atoms with E-state index in [0.717, 1.165) is 30.3 Å². The van der Waals surface area contributed by atoms with E-state index >= 15 is 0 Å². The van der Waals surface area contributed by atoms with Crippen LogP contribution in [0.2, 0.25) is 0 Å². The number of hydrogen-bond acceptors (Lipinski definition) is 3. The van der Waals surface area contributed by atoms with Gasteiger partial charge in [0.2, 0.25) is 10.0 Å². The van der Waals surface area contributed by atoms with E-state index in [9.17, 15) is 13.2 Å². The fraction of sp³-hybridized carbons (Fsp3) is 0.281. The molecule has 0 aliphatic heterocycles. The molecule has 0 fully saturated rings. The van der Waals surface area contributed by atoms with Crippen molar-refractivity contribution in [2.45, 2.75) is 57.7 Å². The number of rotatable bonds is 4. The quantitative estimate of drug-likeness (QED) is 0.299. The number of carbonyl (C=O) groups is 1. The van der Waals surface area contributed by atoms with Gasteiger partial charge in [-0.2, -0.15) is 0 Å². The molecule has 2 heterocycles. The van der Waals surface area contributed by atoms with Crippen LogP contribution in [0, 0.1) is 0 Å². The zero-order valence-electron chi connectivity index (χ0n) is 22.6. The largest absolute Gasteiger partial charge is 0.478 e. The number of carboxylic acids is 1. The Morgan fingerprint density at radius 3 is 2.56 bits per heavy atom. The average Bonchev–Trinajstić information content (AvgIpc) is 3.36. The number of fused-ring (bicyclic) bond motifs is 5. The van der Waals surface area contributed by atoms with Crippen molar-refractivity contribution >= 4 is 37.9 Å². The number of hydrogen-bond donors (Lipinski definition) is 2. The van der Waals surface area contributed by atoms with Crippen LogP contribution in [0.25, 0.3) is 21.9 Å². The van der Waals surface area contributed by atoms with Crippen LogP contribution in [-0.4, -0.2) is 28.6 Å². The van der Waals surface area contributed by atoms with Crippen LogP contribution in [-0.2, 0) is 23.0 Å². The van der Waals surface area contributed by atoms with Gasteiger partial charge in [-0.05, 0) is 104 Å². The third kappa shape index (κ3) is 5.56. The van der Waals surface area contributed by atoms with Crippen molar-refractivity contribution in [3.63, 3.8) is 0 Å². The Bertz CT molecular complexity index is 1700. The lowest BCUT2D eigenvalue weighted by Gasteiger charge is -2.25. The summed E-state index contributed by atoms with van der Waals surface area (Å²) >= 11 is 0. The normalized spacial score (nSPS) is 15.1. The summed E-state index contributed by atoms with van der Waals surface area (Å²) in [5, 5.41) is 11.1. The summed E-state index contributed by atoms with van der Waals surface area (Å²) in [6.07, 6.45) is 12.5. The highest BCUT2D eigenvalue weighted by Crippen LogP contribution is 2.40. The standard InChI is InChI=1S/C23H27NO2S.C9H7NO2/c1-23(2,3)27(25,26)24-15-16-8-9-18-11-12-20-19-7-5-4-6-17(19)10-13-21(20)22(18)14-16;11-9(12)7-5-8-3-1-2-4-10(8)6-7/h5,7-9,11-12,14,24H,4,6,10,13,15H2,1-3H3;1-6H,(H,11,12). The molecule has 0 spiro atoms. The summed E-state index contributed by atoms with van der Waals surface area (Å²) in [7, 11) is -3.35. The number of aromatic carboxylic acids is 1. The summed E-state index contributed by atoms with van der Waals surface area (Å²) in [5.74, 6) is -0.890. The first-order valence-corrected chi connectivity index (χ1v) is 14.7. The predicted molar refractivity (Wildman–Crippen MR) is 157 cm³/mol. The molecule has 0 bridgehead atoms. The highest BCUT2D eigenvalue weighted by molar-refractivity contribution is 7.90. The van der Waals surface area contributed by atoms with E-state index < -0.39 is 20.7 Å². The molecule has 4 aromatic rings.